The van der Waals surface area contributed by atoms with E-state index in [-0.39, 0.29) is 0 Å². The molecule has 0 aliphatic rings. The van der Waals surface area contributed by atoms with Crippen LogP contribution in [0.2, 0.25) is 0 Å². The number of hydrogen-bond donors (Lipinski definition) is 1. The van der Waals surface area contributed by atoms with Gasteiger partial charge in [-0.1, -0.05) is 35.0 Å². The third-order valence-corrected chi connectivity index (χ3v) is 4.13. The molecule has 0 radical (unpaired) electrons. The van der Waals surface area contributed by atoms with Gasteiger partial charge in [-0.2, -0.15) is 12.7 Å². The van der Waals surface area contributed by atoms with Crippen LogP contribution in [0.3, 0.4) is 0 Å². The first-order chi connectivity index (χ1) is 7.45. The number of benzene rings is 1. The van der Waals surface area contributed by atoms with Gasteiger partial charge in [0.05, 0.1) is 0 Å². The molecule has 1 aromatic carbocycles. The molecule has 0 amide bonds. The monoisotopic (exact) mass is 306 g/mol. The average molecular weight is 307 g/mol. The highest BCUT2D eigenvalue weighted by atomic mass is 79.9. The predicted molar refractivity (Wildman–Crippen MR) is 68.2 cm³/mol. The van der Waals surface area contributed by atoms with Crippen LogP contribution in [0.25, 0.3) is 0 Å². The maximum absolute atomic E-state index is 11.6. The van der Waals surface area contributed by atoms with Crippen molar-refractivity contribution >= 4 is 26.1 Å². The molecule has 0 fully saturated rings. The Morgan fingerprint density at radius 2 is 2.12 bits per heavy atom. The van der Waals surface area contributed by atoms with Crippen molar-refractivity contribution < 1.29 is 8.42 Å². The molecule has 0 aliphatic heterocycles. The van der Waals surface area contributed by atoms with E-state index in [0.29, 0.717) is 13.1 Å². The van der Waals surface area contributed by atoms with E-state index in [4.69, 9.17) is 0 Å². The Hall–Kier alpha value is -0.430. The van der Waals surface area contributed by atoms with E-state index in [1.807, 2.05) is 24.3 Å². The maximum atomic E-state index is 11.6. The zero-order valence-electron chi connectivity index (χ0n) is 9.27. The fraction of sp³-hybridized carbons (Fsp3) is 0.400. The molecule has 0 atom stereocenters. The summed E-state index contributed by atoms with van der Waals surface area (Å²) in [5, 5.41) is 0. The normalized spacial score (nSPS) is 12.0. The first kappa shape index (κ1) is 13.6. The Bertz CT molecular complexity index is 448. The van der Waals surface area contributed by atoms with Crippen molar-refractivity contribution in [3.05, 3.63) is 34.3 Å². The van der Waals surface area contributed by atoms with Crippen LogP contribution >= 0.6 is 15.9 Å². The quantitative estimate of drug-likeness (QED) is 0.901. The van der Waals surface area contributed by atoms with Crippen molar-refractivity contribution in [1.29, 1.82) is 0 Å². The van der Waals surface area contributed by atoms with E-state index in [1.54, 1.807) is 14.0 Å². The van der Waals surface area contributed by atoms with Gasteiger partial charge in [0, 0.05) is 24.6 Å². The highest BCUT2D eigenvalue weighted by Crippen LogP contribution is 2.13. The van der Waals surface area contributed by atoms with E-state index in [2.05, 4.69) is 20.7 Å². The molecule has 90 valence electrons. The fourth-order valence-electron chi connectivity index (χ4n) is 1.27. The number of nitrogens with one attached hydrogen (secondary N) is 1. The molecule has 0 heterocycles. The van der Waals surface area contributed by atoms with Gasteiger partial charge in [0.25, 0.3) is 10.2 Å². The van der Waals surface area contributed by atoms with Crippen molar-refractivity contribution in [1.82, 2.24) is 9.03 Å². The second kappa shape index (κ2) is 5.77. The van der Waals surface area contributed by atoms with Gasteiger partial charge in [0.2, 0.25) is 0 Å². The average Bonchev–Trinajstić information content (AvgIpc) is 2.17. The molecular formula is C10H15BrN2O2S. The first-order valence-electron chi connectivity index (χ1n) is 4.91. The minimum atomic E-state index is -3.35. The zero-order chi connectivity index (χ0) is 12.2. The van der Waals surface area contributed by atoms with E-state index in [1.165, 1.54) is 4.31 Å². The molecule has 1 aromatic rings. The number of halogens is 1. The topological polar surface area (TPSA) is 49.4 Å². The molecule has 0 unspecified atom stereocenters. The Morgan fingerprint density at radius 1 is 1.44 bits per heavy atom. The second-order valence-electron chi connectivity index (χ2n) is 3.39. The van der Waals surface area contributed by atoms with Crippen molar-refractivity contribution in [2.45, 2.75) is 13.5 Å². The summed E-state index contributed by atoms with van der Waals surface area (Å²) in [6, 6.07) is 7.58. The smallest absolute Gasteiger partial charge is 0.202 e. The van der Waals surface area contributed by atoms with Crippen LogP contribution in [0.4, 0.5) is 0 Å². The van der Waals surface area contributed by atoms with E-state index >= 15 is 0 Å². The minimum absolute atomic E-state index is 0.356. The van der Waals surface area contributed by atoms with Gasteiger partial charge in [-0.05, 0) is 17.7 Å². The van der Waals surface area contributed by atoms with Crippen molar-refractivity contribution in [2.75, 3.05) is 13.6 Å². The number of hydrogen-bond acceptors (Lipinski definition) is 2. The molecular weight excluding hydrogens is 292 g/mol. The molecule has 4 nitrogen and oxygen atoms in total. The SMILES string of the molecule is CCNS(=O)(=O)N(C)Cc1cccc(Br)c1. The van der Waals surface area contributed by atoms with Gasteiger partial charge < -0.3 is 0 Å². The Morgan fingerprint density at radius 3 is 2.69 bits per heavy atom. The molecule has 1 N–H and O–H groups in total. The number of rotatable bonds is 5. The fourth-order valence-corrected chi connectivity index (χ4v) is 2.62. The molecule has 0 aliphatic carbocycles. The summed E-state index contributed by atoms with van der Waals surface area (Å²) in [5.74, 6) is 0. The van der Waals surface area contributed by atoms with Gasteiger partial charge >= 0.3 is 0 Å². The summed E-state index contributed by atoms with van der Waals surface area (Å²) in [5.41, 5.74) is 0.943. The second-order valence-corrected chi connectivity index (χ2v) is 6.17. The van der Waals surface area contributed by atoms with E-state index in [0.717, 1.165) is 10.0 Å². The van der Waals surface area contributed by atoms with Crippen LogP contribution in [0.15, 0.2) is 28.7 Å². The Balaban J connectivity index is 2.75. The standard InChI is InChI=1S/C10H15BrN2O2S/c1-3-12-16(14,15)13(2)8-9-5-4-6-10(11)7-9/h4-7,12H,3,8H2,1-2H3. The largest absolute Gasteiger partial charge is 0.279 e. The summed E-state index contributed by atoms with van der Waals surface area (Å²) >= 11 is 3.35. The van der Waals surface area contributed by atoms with Crippen LogP contribution < -0.4 is 4.72 Å². The molecule has 0 saturated carbocycles. The highest BCUT2D eigenvalue weighted by molar-refractivity contribution is 9.10. The summed E-state index contributed by atoms with van der Waals surface area (Å²) in [4.78, 5) is 0. The molecule has 0 aromatic heterocycles. The van der Waals surface area contributed by atoms with Crippen molar-refractivity contribution in [2.24, 2.45) is 0 Å². The maximum Gasteiger partial charge on any atom is 0.279 e. The number of nitrogens with zero attached hydrogens (tertiary/aromatic N) is 1. The van der Waals surface area contributed by atoms with Crippen LogP contribution in [0.1, 0.15) is 12.5 Å². The van der Waals surface area contributed by atoms with Gasteiger partial charge in [-0.15, -0.1) is 0 Å². The lowest BCUT2D eigenvalue weighted by Crippen LogP contribution is -2.37. The van der Waals surface area contributed by atoms with Crippen molar-refractivity contribution in [3.63, 3.8) is 0 Å². The molecule has 0 saturated heterocycles. The third-order valence-electron chi connectivity index (χ3n) is 2.03. The third kappa shape index (κ3) is 3.86. The van der Waals surface area contributed by atoms with Crippen molar-refractivity contribution in [3.8, 4) is 0 Å². The molecule has 1 rings (SSSR count). The summed E-state index contributed by atoms with van der Waals surface area (Å²) < 4.78 is 27.9. The summed E-state index contributed by atoms with van der Waals surface area (Å²) in [7, 11) is -1.80. The van der Waals surface area contributed by atoms with Gasteiger partial charge in [-0.3, -0.25) is 0 Å². The van der Waals surface area contributed by atoms with Gasteiger partial charge in [-0.25, -0.2) is 4.72 Å². The Kier molecular flexibility index (Phi) is 4.91. The highest BCUT2D eigenvalue weighted by Gasteiger charge is 2.15. The van der Waals surface area contributed by atoms with Gasteiger partial charge in [0.1, 0.15) is 0 Å². The van der Waals surface area contributed by atoms with Gasteiger partial charge in [0.15, 0.2) is 0 Å². The molecule has 0 spiro atoms. The zero-order valence-corrected chi connectivity index (χ0v) is 11.7. The lowest BCUT2D eigenvalue weighted by Gasteiger charge is -2.17. The minimum Gasteiger partial charge on any atom is -0.202 e. The lowest BCUT2D eigenvalue weighted by molar-refractivity contribution is 0.456. The molecule has 16 heavy (non-hydrogen) atoms. The predicted octanol–water partition coefficient (Wildman–Crippen LogP) is 1.74. The summed E-state index contributed by atoms with van der Waals surface area (Å²) in [6.45, 7) is 2.50. The molecule has 6 heteroatoms. The van der Waals surface area contributed by atoms with E-state index < -0.39 is 10.2 Å². The Labute approximate surface area is 105 Å². The first-order valence-corrected chi connectivity index (χ1v) is 7.14. The van der Waals surface area contributed by atoms with Crippen LogP contribution in [-0.4, -0.2) is 26.3 Å². The summed E-state index contributed by atoms with van der Waals surface area (Å²) in [6.07, 6.45) is 0. The van der Waals surface area contributed by atoms with E-state index in [9.17, 15) is 8.42 Å². The lowest BCUT2D eigenvalue weighted by atomic mass is 10.2. The van der Waals surface area contributed by atoms with Crippen LogP contribution in [0, 0.1) is 0 Å². The molecule has 0 bridgehead atoms. The van der Waals surface area contributed by atoms with Crippen LogP contribution in [0.5, 0.6) is 0 Å². The van der Waals surface area contributed by atoms with Crippen LogP contribution in [-0.2, 0) is 16.8 Å².